The molecule has 0 unspecified atom stereocenters. The third kappa shape index (κ3) is 12.0. The molecular weight excluding hydrogens is 423 g/mol. The second-order valence-corrected chi connectivity index (χ2v) is 9.14. The molecule has 32 heavy (non-hydrogen) atoms. The Morgan fingerprint density at radius 3 is 2.00 bits per heavy atom. The minimum Gasteiger partial charge on any atom is -0.475 e. The first-order chi connectivity index (χ1) is 15.1. The zero-order chi connectivity index (χ0) is 24.0. The second kappa shape index (κ2) is 15.5. The van der Waals surface area contributed by atoms with Crippen LogP contribution in [0, 0.1) is 5.92 Å². The standard InChI is InChI=1S/C21H41N3O.C2HF3O2/c1-18(23-20-13-6-3-7-14-20)21(25)24(17-9-15-22)16-8-12-19-10-4-2-5-11-19;3-2(4,5)1(6)7/h18-20,23H,2-17,22H2,1H3;(H,6,7)/t18-;/m0./s1. The Labute approximate surface area is 190 Å². The van der Waals surface area contributed by atoms with Crippen LogP contribution in [0.3, 0.4) is 0 Å². The lowest BCUT2D eigenvalue weighted by Gasteiger charge is -2.31. The molecule has 6 nitrogen and oxygen atoms in total. The summed E-state index contributed by atoms with van der Waals surface area (Å²) >= 11 is 0. The molecule has 0 saturated heterocycles. The summed E-state index contributed by atoms with van der Waals surface area (Å²) in [5.41, 5.74) is 5.69. The first kappa shape index (κ1) is 28.7. The van der Waals surface area contributed by atoms with Crippen molar-refractivity contribution < 1.29 is 27.9 Å². The highest BCUT2D eigenvalue weighted by atomic mass is 19.4. The summed E-state index contributed by atoms with van der Waals surface area (Å²) in [6.07, 6.45) is 11.7. The van der Waals surface area contributed by atoms with Gasteiger partial charge in [-0.2, -0.15) is 13.2 Å². The van der Waals surface area contributed by atoms with Gasteiger partial charge in [0.15, 0.2) is 0 Å². The van der Waals surface area contributed by atoms with Crippen molar-refractivity contribution in [2.45, 2.75) is 109 Å². The molecule has 2 rings (SSSR count). The molecule has 1 amide bonds. The number of carboxylic acid groups (broad SMARTS) is 1. The Morgan fingerprint density at radius 1 is 1.00 bits per heavy atom. The third-order valence-electron chi connectivity index (χ3n) is 6.41. The first-order valence-electron chi connectivity index (χ1n) is 12.2. The Balaban J connectivity index is 0.000000633. The lowest BCUT2D eigenvalue weighted by atomic mass is 9.86. The highest BCUT2D eigenvalue weighted by Gasteiger charge is 2.38. The molecule has 1 atom stereocenters. The van der Waals surface area contributed by atoms with Crippen LogP contribution in [0.1, 0.15) is 90.4 Å². The molecule has 0 aromatic rings. The van der Waals surface area contributed by atoms with E-state index >= 15 is 0 Å². The fourth-order valence-corrected chi connectivity index (χ4v) is 4.63. The van der Waals surface area contributed by atoms with Crippen molar-refractivity contribution in [1.82, 2.24) is 10.2 Å². The van der Waals surface area contributed by atoms with Crippen LogP contribution in [-0.2, 0) is 9.59 Å². The average Bonchev–Trinajstić information content (AvgIpc) is 2.77. The number of nitrogens with one attached hydrogen (secondary N) is 1. The molecule has 0 aromatic heterocycles. The maximum atomic E-state index is 12.9. The molecule has 2 saturated carbocycles. The largest absolute Gasteiger partial charge is 0.490 e. The van der Waals surface area contributed by atoms with Crippen LogP contribution in [0.15, 0.2) is 0 Å². The van der Waals surface area contributed by atoms with Gasteiger partial charge in [0, 0.05) is 19.1 Å². The van der Waals surface area contributed by atoms with E-state index in [1.54, 1.807) is 0 Å². The number of nitrogens with two attached hydrogens (primary N) is 1. The molecule has 2 aliphatic carbocycles. The third-order valence-corrected chi connectivity index (χ3v) is 6.41. The molecule has 0 heterocycles. The van der Waals surface area contributed by atoms with E-state index in [2.05, 4.69) is 10.2 Å². The lowest BCUT2D eigenvalue weighted by Crippen LogP contribution is -2.49. The monoisotopic (exact) mass is 465 g/mol. The minimum atomic E-state index is -5.08. The van der Waals surface area contributed by atoms with Crippen LogP contribution in [0.5, 0.6) is 0 Å². The summed E-state index contributed by atoms with van der Waals surface area (Å²) in [7, 11) is 0. The Morgan fingerprint density at radius 2 is 1.50 bits per heavy atom. The van der Waals surface area contributed by atoms with E-state index in [1.807, 2.05) is 6.92 Å². The fraction of sp³-hybridized carbons (Fsp3) is 0.913. The summed E-state index contributed by atoms with van der Waals surface area (Å²) in [5, 5.41) is 10.7. The Hall–Kier alpha value is -1.35. The summed E-state index contributed by atoms with van der Waals surface area (Å²) in [5.74, 6) is -1.58. The summed E-state index contributed by atoms with van der Waals surface area (Å²) < 4.78 is 31.7. The van der Waals surface area contributed by atoms with E-state index in [4.69, 9.17) is 15.6 Å². The number of carboxylic acids is 1. The SMILES string of the molecule is C[C@H](NC1CCCCC1)C(=O)N(CCCN)CCCC1CCCCC1.O=C(O)C(F)(F)F. The van der Waals surface area contributed by atoms with Gasteiger partial charge >= 0.3 is 12.1 Å². The lowest BCUT2D eigenvalue weighted by molar-refractivity contribution is -0.192. The van der Waals surface area contributed by atoms with Gasteiger partial charge < -0.3 is 21.1 Å². The topological polar surface area (TPSA) is 95.7 Å². The normalized spacial score (nSPS) is 19.0. The summed E-state index contributed by atoms with van der Waals surface area (Å²) in [4.78, 5) is 23.9. The number of rotatable bonds is 10. The quantitative estimate of drug-likeness (QED) is 0.442. The van der Waals surface area contributed by atoms with Crippen molar-refractivity contribution in [3.05, 3.63) is 0 Å². The van der Waals surface area contributed by atoms with Crippen molar-refractivity contribution in [2.75, 3.05) is 19.6 Å². The zero-order valence-corrected chi connectivity index (χ0v) is 19.5. The number of amides is 1. The Kier molecular flexibility index (Phi) is 13.9. The van der Waals surface area contributed by atoms with E-state index < -0.39 is 12.1 Å². The smallest absolute Gasteiger partial charge is 0.475 e. The molecule has 0 radical (unpaired) electrons. The van der Waals surface area contributed by atoms with E-state index in [0.29, 0.717) is 12.6 Å². The number of hydrogen-bond acceptors (Lipinski definition) is 4. The number of aliphatic carboxylic acids is 1. The maximum absolute atomic E-state index is 12.9. The van der Waals surface area contributed by atoms with Gasteiger partial charge in [-0.3, -0.25) is 4.79 Å². The summed E-state index contributed by atoms with van der Waals surface area (Å²) in [6, 6.07) is 0.474. The van der Waals surface area contributed by atoms with Crippen molar-refractivity contribution in [2.24, 2.45) is 11.7 Å². The first-order valence-corrected chi connectivity index (χ1v) is 12.2. The predicted octanol–water partition coefficient (Wildman–Crippen LogP) is 4.47. The predicted molar refractivity (Wildman–Crippen MR) is 119 cm³/mol. The number of nitrogens with zero attached hydrogens (tertiary/aromatic N) is 1. The van der Waals surface area contributed by atoms with Gasteiger partial charge in [0.2, 0.25) is 5.91 Å². The zero-order valence-electron chi connectivity index (χ0n) is 19.5. The molecule has 2 aliphatic rings. The molecule has 0 spiro atoms. The van der Waals surface area contributed by atoms with Crippen molar-refractivity contribution in [3.63, 3.8) is 0 Å². The van der Waals surface area contributed by atoms with E-state index in [1.165, 1.54) is 70.6 Å². The molecule has 0 bridgehead atoms. The molecule has 2 fully saturated rings. The van der Waals surface area contributed by atoms with Crippen LogP contribution in [0.25, 0.3) is 0 Å². The number of alkyl halides is 3. The summed E-state index contributed by atoms with van der Waals surface area (Å²) in [6.45, 7) is 4.44. The average molecular weight is 466 g/mol. The fourth-order valence-electron chi connectivity index (χ4n) is 4.63. The van der Waals surface area contributed by atoms with E-state index in [0.717, 1.165) is 31.8 Å². The molecule has 4 N–H and O–H groups in total. The second-order valence-electron chi connectivity index (χ2n) is 9.14. The number of hydrogen-bond donors (Lipinski definition) is 3. The van der Waals surface area contributed by atoms with E-state index in [9.17, 15) is 18.0 Å². The highest BCUT2D eigenvalue weighted by molar-refractivity contribution is 5.81. The molecular formula is C23H42F3N3O3. The van der Waals surface area contributed by atoms with Crippen molar-refractivity contribution in [3.8, 4) is 0 Å². The maximum Gasteiger partial charge on any atom is 0.490 e. The highest BCUT2D eigenvalue weighted by Crippen LogP contribution is 2.27. The van der Waals surface area contributed by atoms with Crippen molar-refractivity contribution in [1.29, 1.82) is 0 Å². The molecule has 0 aromatic carbocycles. The van der Waals surface area contributed by atoms with Crippen LogP contribution >= 0.6 is 0 Å². The van der Waals surface area contributed by atoms with Crippen LogP contribution in [-0.4, -0.2) is 59.8 Å². The minimum absolute atomic E-state index is 0.0597. The number of halogens is 3. The van der Waals surface area contributed by atoms with Gasteiger partial charge in [0.1, 0.15) is 0 Å². The van der Waals surface area contributed by atoms with Crippen LogP contribution in [0.2, 0.25) is 0 Å². The van der Waals surface area contributed by atoms with Crippen LogP contribution in [0.4, 0.5) is 13.2 Å². The molecule has 188 valence electrons. The van der Waals surface area contributed by atoms with Crippen molar-refractivity contribution >= 4 is 11.9 Å². The van der Waals surface area contributed by atoms with E-state index in [-0.39, 0.29) is 11.9 Å². The van der Waals surface area contributed by atoms with Gasteiger partial charge in [0.05, 0.1) is 6.04 Å². The molecule has 0 aliphatic heterocycles. The number of carbonyl (C=O) groups is 2. The van der Waals surface area contributed by atoms with Gasteiger partial charge in [0.25, 0.3) is 0 Å². The van der Waals surface area contributed by atoms with Gasteiger partial charge in [-0.05, 0) is 51.5 Å². The van der Waals surface area contributed by atoms with Crippen LogP contribution < -0.4 is 11.1 Å². The van der Waals surface area contributed by atoms with Gasteiger partial charge in [-0.25, -0.2) is 4.79 Å². The number of carbonyl (C=O) groups excluding carboxylic acids is 1. The Bertz CT molecular complexity index is 534. The van der Waals surface area contributed by atoms with Gasteiger partial charge in [-0.1, -0.05) is 51.4 Å². The van der Waals surface area contributed by atoms with Gasteiger partial charge in [-0.15, -0.1) is 0 Å². The molecule has 9 heteroatoms.